The van der Waals surface area contributed by atoms with Crippen molar-refractivity contribution in [3.63, 3.8) is 0 Å². The van der Waals surface area contributed by atoms with E-state index in [4.69, 9.17) is 4.74 Å². The summed E-state index contributed by atoms with van der Waals surface area (Å²) in [7, 11) is 0. The highest BCUT2D eigenvalue weighted by atomic mass is 16.5. The van der Waals surface area contributed by atoms with E-state index in [9.17, 15) is 4.79 Å². The molecule has 0 radical (unpaired) electrons. The normalized spacial score (nSPS) is 10.6. The fourth-order valence-corrected chi connectivity index (χ4v) is 3.07. The van der Waals surface area contributed by atoms with Crippen LogP contribution in [0.15, 0.2) is 72.9 Å². The third-order valence-electron chi connectivity index (χ3n) is 4.55. The van der Waals surface area contributed by atoms with Crippen molar-refractivity contribution in [3.05, 3.63) is 84.2 Å². The highest BCUT2D eigenvalue weighted by molar-refractivity contribution is 6.03. The molecule has 5 nitrogen and oxygen atoms in total. The Morgan fingerprint density at radius 3 is 2.45 bits per heavy atom. The topological polar surface area (TPSA) is 54.5 Å². The Morgan fingerprint density at radius 2 is 1.79 bits per heavy atom. The van der Waals surface area contributed by atoms with Crippen molar-refractivity contribution in [1.29, 1.82) is 0 Å². The van der Waals surface area contributed by atoms with E-state index in [1.807, 2.05) is 61.5 Å². The van der Waals surface area contributed by atoms with Crippen LogP contribution >= 0.6 is 0 Å². The second kappa shape index (κ2) is 9.73. The first kappa shape index (κ1) is 20.4. The van der Waals surface area contributed by atoms with Crippen LogP contribution in [-0.2, 0) is 6.54 Å². The lowest BCUT2D eigenvalue weighted by atomic mass is 10.1. The molecular weight excluding hydrogens is 362 g/mol. The van der Waals surface area contributed by atoms with Crippen LogP contribution < -0.4 is 15.0 Å². The number of carbonyl (C=O) groups excluding carboxylic acids is 1. The van der Waals surface area contributed by atoms with Gasteiger partial charge in [0.1, 0.15) is 11.4 Å². The molecule has 1 aromatic heterocycles. The van der Waals surface area contributed by atoms with Crippen molar-refractivity contribution >= 4 is 17.3 Å². The summed E-state index contributed by atoms with van der Waals surface area (Å²) in [6, 6.07) is 21.7. The SMILES string of the molecule is CCOc1ccc(NC(=O)c2cc(N(Cc3ccccc3)C(C)C)ccn2)cc1. The van der Waals surface area contributed by atoms with E-state index < -0.39 is 0 Å². The van der Waals surface area contributed by atoms with Gasteiger partial charge in [-0.25, -0.2) is 0 Å². The first-order valence-electron chi connectivity index (χ1n) is 9.87. The van der Waals surface area contributed by atoms with Crippen LogP contribution in [0.2, 0.25) is 0 Å². The summed E-state index contributed by atoms with van der Waals surface area (Å²) in [5.41, 5.74) is 3.28. The summed E-state index contributed by atoms with van der Waals surface area (Å²) < 4.78 is 5.43. The molecule has 150 valence electrons. The predicted octanol–water partition coefficient (Wildman–Crippen LogP) is 5.15. The van der Waals surface area contributed by atoms with Gasteiger partial charge in [-0.1, -0.05) is 30.3 Å². The molecule has 0 aliphatic carbocycles. The summed E-state index contributed by atoms with van der Waals surface area (Å²) >= 11 is 0. The largest absolute Gasteiger partial charge is 0.494 e. The van der Waals surface area contributed by atoms with E-state index in [0.717, 1.165) is 18.0 Å². The lowest BCUT2D eigenvalue weighted by Crippen LogP contribution is -2.30. The summed E-state index contributed by atoms with van der Waals surface area (Å²) in [4.78, 5) is 19.2. The van der Waals surface area contributed by atoms with Crippen LogP contribution in [0.4, 0.5) is 11.4 Å². The zero-order chi connectivity index (χ0) is 20.6. The van der Waals surface area contributed by atoms with Gasteiger partial charge in [0.05, 0.1) is 6.61 Å². The molecule has 3 rings (SSSR count). The van der Waals surface area contributed by atoms with Gasteiger partial charge in [0.15, 0.2) is 0 Å². The molecule has 3 aromatic rings. The molecule has 0 saturated heterocycles. The number of nitrogens with zero attached hydrogens (tertiary/aromatic N) is 2. The molecule has 0 fully saturated rings. The molecule has 1 heterocycles. The van der Waals surface area contributed by atoms with Crippen molar-refractivity contribution in [2.75, 3.05) is 16.8 Å². The van der Waals surface area contributed by atoms with Crippen molar-refractivity contribution in [1.82, 2.24) is 4.98 Å². The molecule has 1 N–H and O–H groups in total. The van der Waals surface area contributed by atoms with E-state index in [1.165, 1.54) is 5.56 Å². The standard InChI is InChI=1S/C24H27N3O2/c1-4-29-22-12-10-20(11-13-22)26-24(28)23-16-21(14-15-25-23)27(18(2)3)17-19-8-6-5-7-9-19/h5-16,18H,4,17H2,1-3H3,(H,26,28). The molecule has 5 heteroatoms. The number of rotatable bonds is 8. The quantitative estimate of drug-likeness (QED) is 0.579. The maximum Gasteiger partial charge on any atom is 0.274 e. The van der Waals surface area contributed by atoms with Gasteiger partial charge in [0.2, 0.25) is 0 Å². The Bertz CT molecular complexity index is 924. The Labute approximate surface area is 172 Å². The second-order valence-corrected chi connectivity index (χ2v) is 7.02. The molecule has 0 saturated carbocycles. The number of aromatic nitrogens is 1. The minimum Gasteiger partial charge on any atom is -0.494 e. The number of hydrogen-bond acceptors (Lipinski definition) is 4. The monoisotopic (exact) mass is 389 g/mol. The Kier molecular flexibility index (Phi) is 6.85. The number of anilines is 2. The molecule has 0 unspecified atom stereocenters. The van der Waals surface area contributed by atoms with Crippen LogP contribution in [0.25, 0.3) is 0 Å². The Balaban J connectivity index is 1.75. The minimum absolute atomic E-state index is 0.237. The molecular formula is C24H27N3O2. The number of carbonyl (C=O) groups is 1. The van der Waals surface area contributed by atoms with Crippen LogP contribution in [0.5, 0.6) is 5.75 Å². The minimum atomic E-state index is -0.237. The van der Waals surface area contributed by atoms with Gasteiger partial charge in [-0.3, -0.25) is 9.78 Å². The summed E-state index contributed by atoms with van der Waals surface area (Å²) in [5, 5.41) is 2.90. The average molecular weight is 389 g/mol. The van der Waals surface area contributed by atoms with Gasteiger partial charge in [0, 0.05) is 30.2 Å². The first-order chi connectivity index (χ1) is 14.1. The fourth-order valence-electron chi connectivity index (χ4n) is 3.07. The van der Waals surface area contributed by atoms with E-state index in [0.29, 0.717) is 18.0 Å². The van der Waals surface area contributed by atoms with Gasteiger partial charge in [-0.05, 0) is 62.7 Å². The molecule has 1 amide bonds. The Hall–Kier alpha value is -3.34. The van der Waals surface area contributed by atoms with Gasteiger partial charge >= 0.3 is 0 Å². The fraction of sp³-hybridized carbons (Fsp3) is 0.250. The lowest BCUT2D eigenvalue weighted by Gasteiger charge is -2.29. The zero-order valence-corrected chi connectivity index (χ0v) is 17.1. The molecule has 0 aliphatic heterocycles. The third kappa shape index (κ3) is 5.57. The van der Waals surface area contributed by atoms with Crippen LogP contribution in [0, 0.1) is 0 Å². The van der Waals surface area contributed by atoms with Gasteiger partial charge < -0.3 is 15.0 Å². The molecule has 29 heavy (non-hydrogen) atoms. The number of amides is 1. The van der Waals surface area contributed by atoms with E-state index in [2.05, 4.69) is 41.2 Å². The van der Waals surface area contributed by atoms with Crippen LogP contribution in [0.1, 0.15) is 36.8 Å². The highest BCUT2D eigenvalue weighted by Crippen LogP contribution is 2.22. The van der Waals surface area contributed by atoms with E-state index in [1.54, 1.807) is 6.20 Å². The molecule has 0 aliphatic rings. The van der Waals surface area contributed by atoms with Crippen molar-refractivity contribution in [2.45, 2.75) is 33.4 Å². The summed E-state index contributed by atoms with van der Waals surface area (Å²) in [6.45, 7) is 7.60. The lowest BCUT2D eigenvalue weighted by molar-refractivity contribution is 0.102. The molecule has 0 atom stereocenters. The van der Waals surface area contributed by atoms with Crippen molar-refractivity contribution < 1.29 is 9.53 Å². The summed E-state index contributed by atoms with van der Waals surface area (Å²) in [6.07, 6.45) is 1.68. The van der Waals surface area contributed by atoms with Gasteiger partial charge in [-0.15, -0.1) is 0 Å². The zero-order valence-electron chi connectivity index (χ0n) is 17.1. The summed E-state index contributed by atoms with van der Waals surface area (Å²) in [5.74, 6) is 0.540. The van der Waals surface area contributed by atoms with Crippen molar-refractivity contribution in [2.24, 2.45) is 0 Å². The molecule has 0 bridgehead atoms. The number of hydrogen-bond donors (Lipinski definition) is 1. The number of ether oxygens (including phenoxy) is 1. The first-order valence-corrected chi connectivity index (χ1v) is 9.87. The van der Waals surface area contributed by atoms with Crippen molar-refractivity contribution in [3.8, 4) is 5.75 Å². The van der Waals surface area contributed by atoms with Gasteiger partial charge in [0.25, 0.3) is 5.91 Å². The maximum atomic E-state index is 12.7. The number of nitrogens with one attached hydrogen (secondary N) is 1. The average Bonchev–Trinajstić information content (AvgIpc) is 2.74. The van der Waals surface area contributed by atoms with Crippen LogP contribution in [-0.4, -0.2) is 23.5 Å². The second-order valence-electron chi connectivity index (χ2n) is 7.02. The molecule has 2 aromatic carbocycles. The molecule has 0 spiro atoms. The van der Waals surface area contributed by atoms with E-state index >= 15 is 0 Å². The van der Waals surface area contributed by atoms with Gasteiger partial charge in [-0.2, -0.15) is 0 Å². The Morgan fingerprint density at radius 1 is 1.07 bits per heavy atom. The number of benzene rings is 2. The number of pyridine rings is 1. The third-order valence-corrected chi connectivity index (χ3v) is 4.55. The van der Waals surface area contributed by atoms with Crippen LogP contribution in [0.3, 0.4) is 0 Å². The highest BCUT2D eigenvalue weighted by Gasteiger charge is 2.15. The smallest absolute Gasteiger partial charge is 0.274 e. The predicted molar refractivity (Wildman–Crippen MR) is 118 cm³/mol. The van der Waals surface area contributed by atoms with E-state index in [-0.39, 0.29) is 11.9 Å². The maximum absolute atomic E-state index is 12.7.